The first-order chi connectivity index (χ1) is 7.04. The lowest BCUT2D eigenvalue weighted by atomic mass is 10.0. The molecular formula is C10H18N4O. The molecule has 1 aliphatic heterocycles. The number of rotatable bonds is 3. The summed E-state index contributed by atoms with van der Waals surface area (Å²) in [6.07, 6.45) is 3.05. The number of anilines is 1. The molecule has 1 aliphatic rings. The molecule has 0 unspecified atom stereocenters. The van der Waals surface area contributed by atoms with Crippen molar-refractivity contribution in [3.05, 3.63) is 5.89 Å². The molecule has 0 bridgehead atoms. The molecular weight excluding hydrogens is 192 g/mol. The highest BCUT2D eigenvalue weighted by molar-refractivity contribution is 5.28. The van der Waals surface area contributed by atoms with Gasteiger partial charge in [0.25, 0.3) is 5.95 Å². The van der Waals surface area contributed by atoms with E-state index in [0.29, 0.717) is 18.3 Å². The molecule has 0 amide bonds. The van der Waals surface area contributed by atoms with Crippen molar-refractivity contribution >= 4 is 5.95 Å². The third-order valence-electron chi connectivity index (χ3n) is 2.45. The summed E-state index contributed by atoms with van der Waals surface area (Å²) in [5.74, 6) is 1.34. The third kappa shape index (κ3) is 2.68. The summed E-state index contributed by atoms with van der Waals surface area (Å²) >= 11 is 0. The van der Waals surface area contributed by atoms with Gasteiger partial charge in [-0.3, -0.25) is 0 Å². The van der Waals surface area contributed by atoms with E-state index < -0.39 is 0 Å². The van der Waals surface area contributed by atoms with Crippen molar-refractivity contribution in [2.45, 2.75) is 38.6 Å². The fourth-order valence-corrected chi connectivity index (χ4v) is 1.75. The second-order valence-corrected chi connectivity index (χ2v) is 4.85. The van der Waals surface area contributed by atoms with Crippen molar-refractivity contribution in [2.24, 2.45) is 5.73 Å². The van der Waals surface area contributed by atoms with Gasteiger partial charge < -0.3 is 15.2 Å². The van der Waals surface area contributed by atoms with Crippen LogP contribution in [0.4, 0.5) is 5.95 Å². The van der Waals surface area contributed by atoms with Crippen molar-refractivity contribution in [1.29, 1.82) is 0 Å². The molecule has 5 heteroatoms. The Morgan fingerprint density at radius 1 is 1.40 bits per heavy atom. The molecule has 5 nitrogen and oxygen atoms in total. The van der Waals surface area contributed by atoms with Crippen LogP contribution in [0, 0.1) is 0 Å². The van der Waals surface area contributed by atoms with Crippen LogP contribution < -0.4 is 10.6 Å². The SMILES string of the molecule is CC(C)(N)Cc1nc(N2CCCC2)no1. The zero-order chi connectivity index (χ0) is 10.9. The second kappa shape index (κ2) is 3.81. The van der Waals surface area contributed by atoms with Gasteiger partial charge in [-0.25, -0.2) is 0 Å². The lowest BCUT2D eigenvalue weighted by molar-refractivity contribution is 0.347. The number of aromatic nitrogens is 2. The van der Waals surface area contributed by atoms with Crippen molar-refractivity contribution < 1.29 is 4.52 Å². The van der Waals surface area contributed by atoms with Gasteiger partial charge in [-0.15, -0.1) is 0 Å². The first-order valence-electron chi connectivity index (χ1n) is 5.41. The Labute approximate surface area is 89.6 Å². The van der Waals surface area contributed by atoms with Crippen LogP contribution in [0.3, 0.4) is 0 Å². The van der Waals surface area contributed by atoms with Gasteiger partial charge in [0.2, 0.25) is 5.89 Å². The maximum Gasteiger partial charge on any atom is 0.266 e. The molecule has 1 aromatic rings. The largest absolute Gasteiger partial charge is 0.338 e. The Kier molecular flexibility index (Phi) is 2.65. The average Bonchev–Trinajstić information content (AvgIpc) is 2.68. The molecule has 1 saturated heterocycles. The number of nitrogens with two attached hydrogens (primary N) is 1. The summed E-state index contributed by atoms with van der Waals surface area (Å²) in [6.45, 7) is 5.97. The van der Waals surface area contributed by atoms with Gasteiger partial charge in [0.05, 0.1) is 0 Å². The molecule has 0 atom stereocenters. The first-order valence-corrected chi connectivity index (χ1v) is 5.41. The van der Waals surface area contributed by atoms with Crippen LogP contribution in [0.25, 0.3) is 0 Å². The molecule has 2 heterocycles. The molecule has 15 heavy (non-hydrogen) atoms. The van der Waals surface area contributed by atoms with Crippen molar-refractivity contribution in [3.8, 4) is 0 Å². The molecule has 0 spiro atoms. The Morgan fingerprint density at radius 3 is 2.67 bits per heavy atom. The number of nitrogens with zero attached hydrogens (tertiary/aromatic N) is 3. The summed E-state index contributed by atoms with van der Waals surface area (Å²) in [5, 5.41) is 3.97. The van der Waals surface area contributed by atoms with Gasteiger partial charge in [0, 0.05) is 25.0 Å². The van der Waals surface area contributed by atoms with Crippen LogP contribution in [-0.2, 0) is 6.42 Å². The molecule has 1 aromatic heterocycles. The van der Waals surface area contributed by atoms with E-state index in [2.05, 4.69) is 15.0 Å². The van der Waals surface area contributed by atoms with Gasteiger partial charge in [-0.2, -0.15) is 4.98 Å². The third-order valence-corrected chi connectivity index (χ3v) is 2.45. The van der Waals surface area contributed by atoms with E-state index >= 15 is 0 Å². The monoisotopic (exact) mass is 210 g/mol. The normalized spacial score (nSPS) is 17.4. The van der Waals surface area contributed by atoms with Crippen LogP contribution in [0.5, 0.6) is 0 Å². The molecule has 2 N–H and O–H groups in total. The predicted octanol–water partition coefficient (Wildman–Crippen LogP) is 0.950. The summed E-state index contributed by atoms with van der Waals surface area (Å²) < 4.78 is 5.17. The molecule has 84 valence electrons. The topological polar surface area (TPSA) is 68.2 Å². The van der Waals surface area contributed by atoms with Crippen molar-refractivity contribution in [2.75, 3.05) is 18.0 Å². The van der Waals surface area contributed by atoms with Gasteiger partial charge in [-0.1, -0.05) is 0 Å². The van der Waals surface area contributed by atoms with E-state index in [9.17, 15) is 0 Å². The van der Waals surface area contributed by atoms with E-state index in [1.165, 1.54) is 12.8 Å². The molecule has 0 saturated carbocycles. The highest BCUT2D eigenvalue weighted by atomic mass is 16.5. The van der Waals surface area contributed by atoms with Gasteiger partial charge in [0.1, 0.15) is 0 Å². The zero-order valence-electron chi connectivity index (χ0n) is 9.36. The van der Waals surface area contributed by atoms with E-state index in [0.717, 1.165) is 13.1 Å². The summed E-state index contributed by atoms with van der Waals surface area (Å²) in [4.78, 5) is 6.50. The van der Waals surface area contributed by atoms with Crippen LogP contribution in [-0.4, -0.2) is 28.8 Å². The van der Waals surface area contributed by atoms with Crippen LogP contribution in [0.2, 0.25) is 0 Å². The van der Waals surface area contributed by atoms with E-state index in [1.54, 1.807) is 0 Å². The second-order valence-electron chi connectivity index (χ2n) is 4.85. The maximum absolute atomic E-state index is 5.89. The maximum atomic E-state index is 5.89. The Balaban J connectivity index is 2.03. The number of hydrogen-bond acceptors (Lipinski definition) is 5. The molecule has 0 radical (unpaired) electrons. The standard InChI is InChI=1S/C10H18N4O/c1-10(2,11)7-8-12-9(13-15-8)14-5-3-4-6-14/h3-7,11H2,1-2H3. The minimum absolute atomic E-state index is 0.297. The summed E-state index contributed by atoms with van der Waals surface area (Å²) in [6, 6.07) is 0. The van der Waals surface area contributed by atoms with Gasteiger partial charge in [-0.05, 0) is 31.8 Å². The van der Waals surface area contributed by atoms with E-state index in [1.807, 2.05) is 13.8 Å². The average molecular weight is 210 g/mol. The quantitative estimate of drug-likeness (QED) is 0.804. The highest BCUT2D eigenvalue weighted by Crippen LogP contribution is 2.17. The van der Waals surface area contributed by atoms with E-state index in [4.69, 9.17) is 10.3 Å². The van der Waals surface area contributed by atoms with Crippen LogP contribution in [0.1, 0.15) is 32.6 Å². The summed E-state index contributed by atoms with van der Waals surface area (Å²) in [7, 11) is 0. The van der Waals surface area contributed by atoms with Crippen LogP contribution >= 0.6 is 0 Å². The molecule has 1 fully saturated rings. The minimum Gasteiger partial charge on any atom is -0.338 e. The molecule has 0 aromatic carbocycles. The lowest BCUT2D eigenvalue weighted by Gasteiger charge is -2.14. The van der Waals surface area contributed by atoms with E-state index in [-0.39, 0.29) is 5.54 Å². The highest BCUT2D eigenvalue weighted by Gasteiger charge is 2.21. The minimum atomic E-state index is -0.297. The number of hydrogen-bond donors (Lipinski definition) is 1. The predicted molar refractivity (Wildman–Crippen MR) is 57.7 cm³/mol. The Morgan fingerprint density at radius 2 is 2.07 bits per heavy atom. The van der Waals surface area contributed by atoms with Gasteiger partial charge in [0.15, 0.2) is 0 Å². The smallest absolute Gasteiger partial charge is 0.266 e. The lowest BCUT2D eigenvalue weighted by Crippen LogP contribution is -2.34. The van der Waals surface area contributed by atoms with Crippen molar-refractivity contribution in [1.82, 2.24) is 10.1 Å². The zero-order valence-corrected chi connectivity index (χ0v) is 9.36. The Hall–Kier alpha value is -1.10. The van der Waals surface area contributed by atoms with Crippen molar-refractivity contribution in [3.63, 3.8) is 0 Å². The Bertz CT molecular complexity index is 322. The summed E-state index contributed by atoms with van der Waals surface area (Å²) in [5.41, 5.74) is 5.59. The van der Waals surface area contributed by atoms with Gasteiger partial charge >= 0.3 is 0 Å². The molecule has 2 rings (SSSR count). The fraction of sp³-hybridized carbons (Fsp3) is 0.800. The first kappa shape index (κ1) is 10.4. The fourth-order valence-electron chi connectivity index (χ4n) is 1.75. The molecule has 0 aliphatic carbocycles. The van der Waals surface area contributed by atoms with Crippen LogP contribution in [0.15, 0.2) is 4.52 Å².